The van der Waals surface area contributed by atoms with Gasteiger partial charge in [-0.3, -0.25) is 10.1 Å². The summed E-state index contributed by atoms with van der Waals surface area (Å²) in [6, 6.07) is 5.70. The zero-order chi connectivity index (χ0) is 14.3. The minimum atomic E-state index is -0.294. The fourth-order valence-electron chi connectivity index (χ4n) is 4.04. The molecule has 0 saturated heterocycles. The second-order valence-corrected chi connectivity index (χ2v) is 7.44. The van der Waals surface area contributed by atoms with Gasteiger partial charge < -0.3 is 5.32 Å². The Labute approximate surface area is 132 Å². The summed E-state index contributed by atoms with van der Waals surface area (Å²) in [5.41, 5.74) is 0.845. The van der Waals surface area contributed by atoms with Gasteiger partial charge in [-0.15, -0.1) is 0 Å². The van der Waals surface area contributed by atoms with E-state index >= 15 is 0 Å². The Morgan fingerprint density at radius 1 is 1.40 bits per heavy atom. The van der Waals surface area contributed by atoms with Gasteiger partial charge in [-0.05, 0) is 78.7 Å². The molecule has 4 unspecified atom stereocenters. The van der Waals surface area contributed by atoms with Gasteiger partial charge in [-0.1, -0.05) is 6.42 Å². The van der Waals surface area contributed by atoms with Gasteiger partial charge in [-0.2, -0.15) is 0 Å². The monoisotopic (exact) mass is 386 g/mol. The number of nitro groups is 1. The quantitative estimate of drug-likeness (QED) is 0.473. The molecule has 0 heterocycles. The van der Waals surface area contributed by atoms with E-state index in [2.05, 4.69) is 34.8 Å². The average molecular weight is 386 g/mol. The van der Waals surface area contributed by atoms with Crippen LogP contribution in [0.2, 0.25) is 0 Å². The van der Waals surface area contributed by atoms with Crippen molar-refractivity contribution in [3.8, 4) is 0 Å². The van der Waals surface area contributed by atoms with Gasteiger partial charge in [0.15, 0.2) is 0 Å². The minimum absolute atomic E-state index is 0.187. The summed E-state index contributed by atoms with van der Waals surface area (Å²) in [7, 11) is 0. The van der Waals surface area contributed by atoms with E-state index in [0.29, 0.717) is 17.6 Å². The summed E-state index contributed by atoms with van der Waals surface area (Å²) in [6.07, 6.45) is 5.39. The second kappa shape index (κ2) is 5.50. The van der Waals surface area contributed by atoms with Gasteiger partial charge in [0, 0.05) is 15.7 Å². The number of nitrogens with one attached hydrogen (secondary N) is 1. The summed E-state index contributed by atoms with van der Waals surface area (Å²) in [5.74, 6) is 2.40. The van der Waals surface area contributed by atoms with E-state index in [1.165, 1.54) is 25.7 Å². The molecule has 2 fully saturated rings. The Hall–Kier alpha value is -0.850. The van der Waals surface area contributed by atoms with Gasteiger partial charge in [0.25, 0.3) is 5.69 Å². The van der Waals surface area contributed by atoms with E-state index in [1.807, 2.05) is 12.1 Å². The molecule has 1 N–H and O–H groups in total. The van der Waals surface area contributed by atoms with Crippen LogP contribution in [-0.4, -0.2) is 11.0 Å². The number of anilines is 1. The first-order valence-corrected chi connectivity index (χ1v) is 8.33. The van der Waals surface area contributed by atoms with Crippen molar-refractivity contribution in [3.05, 3.63) is 31.9 Å². The van der Waals surface area contributed by atoms with Crippen LogP contribution in [0.4, 0.5) is 11.4 Å². The maximum Gasteiger partial charge on any atom is 0.293 e. The highest BCUT2D eigenvalue weighted by Gasteiger charge is 2.42. The molecule has 108 valence electrons. The standard InChI is InChI=1S/C15H19IN2O2/c1-9(13-7-10-2-3-11(13)6-10)17-14-5-4-12(16)8-15(14)18(19)20/h4-5,8-11,13,17H,2-3,6-7H2,1H3. The van der Waals surface area contributed by atoms with Crippen molar-refractivity contribution in [2.24, 2.45) is 17.8 Å². The van der Waals surface area contributed by atoms with Crippen molar-refractivity contribution in [2.75, 3.05) is 5.32 Å². The molecule has 4 atom stereocenters. The first kappa shape index (κ1) is 14.1. The van der Waals surface area contributed by atoms with Crippen molar-refractivity contribution >= 4 is 34.0 Å². The smallest absolute Gasteiger partial charge is 0.293 e. The molecule has 1 aromatic carbocycles. The molecule has 2 aliphatic carbocycles. The maximum absolute atomic E-state index is 11.2. The first-order chi connectivity index (χ1) is 9.54. The lowest BCUT2D eigenvalue weighted by Gasteiger charge is -2.29. The molecule has 2 bridgehead atoms. The van der Waals surface area contributed by atoms with Gasteiger partial charge in [0.2, 0.25) is 0 Å². The lowest BCUT2D eigenvalue weighted by Crippen LogP contribution is -2.30. The predicted octanol–water partition coefficient (Wildman–Crippen LogP) is 4.44. The number of fused-ring (bicyclic) bond motifs is 2. The van der Waals surface area contributed by atoms with E-state index in [9.17, 15) is 10.1 Å². The lowest BCUT2D eigenvalue weighted by atomic mass is 9.84. The van der Waals surface area contributed by atoms with Gasteiger partial charge in [-0.25, -0.2) is 0 Å². The zero-order valence-electron chi connectivity index (χ0n) is 11.5. The lowest BCUT2D eigenvalue weighted by molar-refractivity contribution is -0.384. The largest absolute Gasteiger partial charge is 0.377 e. The van der Waals surface area contributed by atoms with Crippen LogP contribution in [0.15, 0.2) is 18.2 Å². The predicted molar refractivity (Wildman–Crippen MR) is 87.8 cm³/mol. The number of nitro benzene ring substituents is 1. The fourth-order valence-corrected chi connectivity index (χ4v) is 4.51. The van der Waals surface area contributed by atoms with Gasteiger partial charge in [0.05, 0.1) is 4.92 Å². The van der Waals surface area contributed by atoms with Crippen LogP contribution in [0.1, 0.15) is 32.6 Å². The third-order valence-electron chi connectivity index (χ3n) is 4.97. The second-order valence-electron chi connectivity index (χ2n) is 6.19. The topological polar surface area (TPSA) is 55.2 Å². The molecule has 0 spiro atoms. The molecule has 0 aliphatic heterocycles. The molecule has 20 heavy (non-hydrogen) atoms. The molecule has 2 saturated carbocycles. The van der Waals surface area contributed by atoms with Crippen LogP contribution >= 0.6 is 22.6 Å². The molecule has 5 heteroatoms. The molecule has 3 rings (SSSR count). The van der Waals surface area contributed by atoms with Crippen molar-refractivity contribution in [2.45, 2.75) is 38.6 Å². The molecular weight excluding hydrogens is 367 g/mol. The average Bonchev–Trinajstić information content (AvgIpc) is 3.03. The fraction of sp³-hybridized carbons (Fsp3) is 0.600. The molecule has 1 aromatic rings. The van der Waals surface area contributed by atoms with Crippen LogP contribution in [0.5, 0.6) is 0 Å². The van der Waals surface area contributed by atoms with Crippen molar-refractivity contribution in [1.29, 1.82) is 0 Å². The Morgan fingerprint density at radius 3 is 2.80 bits per heavy atom. The van der Waals surface area contributed by atoms with E-state index in [1.54, 1.807) is 6.07 Å². The molecule has 0 amide bonds. The highest BCUT2D eigenvalue weighted by atomic mass is 127. The first-order valence-electron chi connectivity index (χ1n) is 7.25. The molecule has 2 aliphatic rings. The summed E-state index contributed by atoms with van der Waals surface area (Å²) < 4.78 is 0.896. The van der Waals surface area contributed by atoms with Gasteiger partial charge in [0.1, 0.15) is 5.69 Å². The van der Waals surface area contributed by atoms with E-state index < -0.39 is 0 Å². The van der Waals surface area contributed by atoms with Crippen molar-refractivity contribution in [1.82, 2.24) is 0 Å². The third kappa shape index (κ3) is 2.64. The molecule has 4 nitrogen and oxygen atoms in total. The summed E-state index contributed by atoms with van der Waals surface area (Å²) in [6.45, 7) is 2.17. The normalized spacial score (nSPS) is 29.4. The Bertz CT molecular complexity index is 535. The summed E-state index contributed by atoms with van der Waals surface area (Å²) >= 11 is 2.11. The Morgan fingerprint density at radius 2 is 2.20 bits per heavy atom. The number of benzene rings is 1. The number of halogens is 1. The SMILES string of the molecule is CC(Nc1ccc(I)cc1[N+](=O)[O-])C1CC2CCC1C2. The van der Waals surface area contributed by atoms with Crippen molar-refractivity contribution < 1.29 is 4.92 Å². The van der Waals surface area contributed by atoms with Crippen molar-refractivity contribution in [3.63, 3.8) is 0 Å². The number of rotatable bonds is 4. The van der Waals surface area contributed by atoms with E-state index in [-0.39, 0.29) is 10.6 Å². The number of hydrogen-bond acceptors (Lipinski definition) is 3. The highest BCUT2D eigenvalue weighted by Crippen LogP contribution is 2.50. The van der Waals surface area contributed by atoms with E-state index in [4.69, 9.17) is 0 Å². The zero-order valence-corrected chi connectivity index (χ0v) is 13.7. The summed E-state index contributed by atoms with van der Waals surface area (Å²) in [5, 5.41) is 14.6. The minimum Gasteiger partial charge on any atom is -0.377 e. The molecular formula is C15H19IN2O2. The molecule has 0 radical (unpaired) electrons. The van der Waals surface area contributed by atoms with Crippen LogP contribution in [0.25, 0.3) is 0 Å². The van der Waals surface area contributed by atoms with Crippen LogP contribution < -0.4 is 5.32 Å². The number of hydrogen-bond donors (Lipinski definition) is 1. The Kier molecular flexibility index (Phi) is 3.88. The van der Waals surface area contributed by atoms with Gasteiger partial charge >= 0.3 is 0 Å². The highest BCUT2D eigenvalue weighted by molar-refractivity contribution is 14.1. The van der Waals surface area contributed by atoms with Crippen LogP contribution in [0, 0.1) is 31.4 Å². The Balaban J connectivity index is 1.76. The van der Waals surface area contributed by atoms with E-state index in [0.717, 1.165) is 15.4 Å². The van der Waals surface area contributed by atoms with Crippen LogP contribution in [0.3, 0.4) is 0 Å². The summed E-state index contributed by atoms with van der Waals surface area (Å²) in [4.78, 5) is 10.9. The third-order valence-corrected chi connectivity index (χ3v) is 5.65. The maximum atomic E-state index is 11.2. The number of nitrogens with zero attached hydrogens (tertiary/aromatic N) is 1. The molecule has 0 aromatic heterocycles. The van der Waals surface area contributed by atoms with Crippen LogP contribution in [-0.2, 0) is 0 Å².